The lowest BCUT2D eigenvalue weighted by molar-refractivity contribution is 0.308. The zero-order valence-corrected chi connectivity index (χ0v) is 10.1. The minimum absolute atomic E-state index is 0.140. The Hall–Kier alpha value is -0.960. The molecule has 0 heterocycles. The fraction of sp³-hybridized carbons (Fsp3) is 0.250. The van der Waals surface area contributed by atoms with Crippen LogP contribution in [-0.4, -0.2) is 23.1 Å². The first kappa shape index (κ1) is 13.1. The molecule has 0 radical (unpaired) electrons. The van der Waals surface area contributed by atoms with Crippen LogP contribution in [0, 0.1) is 0 Å². The number of primary sulfonamides is 1. The van der Waals surface area contributed by atoms with Gasteiger partial charge in [-0.05, 0) is 11.6 Å². The molecule has 2 N–H and O–H groups in total. The van der Waals surface area contributed by atoms with Gasteiger partial charge >= 0.3 is 0 Å². The summed E-state index contributed by atoms with van der Waals surface area (Å²) in [6.45, 7) is -0.356. The van der Waals surface area contributed by atoms with E-state index < -0.39 is 20.1 Å². The number of hydrogen-bond acceptors (Lipinski definition) is 5. The van der Waals surface area contributed by atoms with Crippen LogP contribution in [0.5, 0.6) is 0 Å². The minimum atomic E-state index is -3.88. The lowest BCUT2D eigenvalue weighted by atomic mass is 10.2. The van der Waals surface area contributed by atoms with Crippen LogP contribution in [0.15, 0.2) is 29.2 Å². The predicted molar refractivity (Wildman–Crippen MR) is 57.4 cm³/mol. The summed E-state index contributed by atoms with van der Waals surface area (Å²) < 4.78 is 48.3. The molecule has 0 amide bonds. The molecular weight excluding hydrogens is 254 g/mol. The van der Waals surface area contributed by atoms with Crippen molar-refractivity contribution in [1.82, 2.24) is 0 Å². The second-order valence-corrected chi connectivity index (χ2v) is 6.29. The fourth-order valence-electron chi connectivity index (χ4n) is 1.07. The van der Waals surface area contributed by atoms with E-state index in [1.807, 2.05) is 0 Å². The summed E-state index contributed by atoms with van der Waals surface area (Å²) in [6, 6.07) is 5.78. The van der Waals surface area contributed by atoms with Crippen molar-refractivity contribution in [3.8, 4) is 0 Å². The van der Waals surface area contributed by atoms with Crippen LogP contribution in [0.2, 0.25) is 0 Å². The Kier molecular flexibility index (Phi) is 3.68. The Morgan fingerprint density at radius 2 is 1.75 bits per heavy atom. The van der Waals surface area contributed by atoms with Crippen LogP contribution in [0.3, 0.4) is 0 Å². The number of rotatable bonds is 4. The van der Waals surface area contributed by atoms with Gasteiger partial charge in [-0.15, -0.1) is 0 Å². The van der Waals surface area contributed by atoms with Crippen LogP contribution in [0.1, 0.15) is 5.56 Å². The predicted octanol–water partition coefficient (Wildman–Crippen LogP) is -0.190. The average Bonchev–Trinajstić information content (AvgIpc) is 2.12. The molecular formula is C8H11NO5S2. The summed E-state index contributed by atoms with van der Waals surface area (Å²) in [5.74, 6) is 0. The van der Waals surface area contributed by atoms with Gasteiger partial charge in [0.2, 0.25) is 10.0 Å². The first-order valence-corrected chi connectivity index (χ1v) is 7.51. The van der Waals surface area contributed by atoms with E-state index in [1.165, 1.54) is 18.2 Å². The molecule has 1 aromatic carbocycles. The van der Waals surface area contributed by atoms with Crippen molar-refractivity contribution in [2.45, 2.75) is 11.5 Å². The monoisotopic (exact) mass is 265 g/mol. The second kappa shape index (κ2) is 4.50. The highest BCUT2D eigenvalue weighted by atomic mass is 32.2. The van der Waals surface area contributed by atoms with E-state index in [0.717, 1.165) is 6.26 Å². The van der Waals surface area contributed by atoms with E-state index >= 15 is 0 Å². The molecule has 6 nitrogen and oxygen atoms in total. The van der Waals surface area contributed by atoms with E-state index in [0.29, 0.717) is 0 Å². The molecule has 0 aliphatic carbocycles. The maximum atomic E-state index is 11.2. The van der Waals surface area contributed by atoms with E-state index in [1.54, 1.807) is 6.07 Å². The normalized spacial score (nSPS) is 12.6. The van der Waals surface area contributed by atoms with Gasteiger partial charge in [-0.2, -0.15) is 8.42 Å². The lowest BCUT2D eigenvalue weighted by Gasteiger charge is -2.06. The Morgan fingerprint density at radius 1 is 1.19 bits per heavy atom. The summed E-state index contributed by atoms with van der Waals surface area (Å²) in [4.78, 5) is -0.140. The molecule has 0 spiro atoms. The van der Waals surface area contributed by atoms with Crippen LogP contribution >= 0.6 is 0 Å². The van der Waals surface area contributed by atoms with E-state index in [9.17, 15) is 16.8 Å². The molecule has 0 bridgehead atoms. The molecule has 8 heteroatoms. The molecule has 0 aliphatic rings. The van der Waals surface area contributed by atoms with Crippen LogP contribution in [0.25, 0.3) is 0 Å². The van der Waals surface area contributed by atoms with Gasteiger partial charge in [0.1, 0.15) is 0 Å². The molecule has 0 unspecified atom stereocenters. The topological polar surface area (TPSA) is 104 Å². The van der Waals surface area contributed by atoms with Gasteiger partial charge in [0.25, 0.3) is 10.1 Å². The van der Waals surface area contributed by atoms with E-state index in [2.05, 4.69) is 4.18 Å². The number of nitrogens with two attached hydrogens (primary N) is 1. The number of sulfonamides is 1. The zero-order chi connectivity index (χ0) is 12.4. The third-order valence-electron chi connectivity index (χ3n) is 1.71. The quantitative estimate of drug-likeness (QED) is 0.760. The SMILES string of the molecule is CS(=O)(=O)OCc1ccccc1S(N)(=O)=O. The van der Waals surface area contributed by atoms with Gasteiger partial charge in [0.05, 0.1) is 17.8 Å². The van der Waals surface area contributed by atoms with Gasteiger partial charge in [-0.25, -0.2) is 13.6 Å². The lowest BCUT2D eigenvalue weighted by Crippen LogP contribution is -2.15. The van der Waals surface area contributed by atoms with Crippen molar-refractivity contribution in [1.29, 1.82) is 0 Å². The van der Waals surface area contributed by atoms with Crippen LogP contribution in [-0.2, 0) is 30.9 Å². The average molecular weight is 265 g/mol. The van der Waals surface area contributed by atoms with Gasteiger partial charge in [-0.1, -0.05) is 18.2 Å². The van der Waals surface area contributed by atoms with Crippen LogP contribution in [0.4, 0.5) is 0 Å². The summed E-state index contributed by atoms with van der Waals surface area (Å²) in [6.07, 6.45) is 0.882. The molecule has 0 saturated heterocycles. The first-order valence-electron chi connectivity index (χ1n) is 4.15. The molecule has 0 aliphatic heterocycles. The van der Waals surface area contributed by atoms with E-state index in [-0.39, 0.29) is 17.1 Å². The Morgan fingerprint density at radius 3 is 2.25 bits per heavy atom. The molecule has 1 rings (SSSR count). The third kappa shape index (κ3) is 3.89. The summed E-state index contributed by atoms with van der Waals surface area (Å²) in [5.41, 5.74) is 0.204. The Balaban J connectivity index is 3.06. The summed E-state index contributed by atoms with van der Waals surface area (Å²) in [5, 5.41) is 4.96. The van der Waals surface area contributed by atoms with Gasteiger partial charge in [0.15, 0.2) is 0 Å². The number of benzene rings is 1. The molecule has 1 aromatic rings. The highest BCUT2D eigenvalue weighted by molar-refractivity contribution is 7.89. The van der Waals surface area contributed by atoms with Crippen molar-refractivity contribution in [2.75, 3.05) is 6.26 Å². The van der Waals surface area contributed by atoms with Crippen molar-refractivity contribution >= 4 is 20.1 Å². The molecule has 0 atom stereocenters. The summed E-state index contributed by atoms with van der Waals surface area (Å²) >= 11 is 0. The van der Waals surface area contributed by atoms with Gasteiger partial charge in [0, 0.05) is 0 Å². The molecule has 0 saturated carbocycles. The van der Waals surface area contributed by atoms with Crippen molar-refractivity contribution in [2.24, 2.45) is 5.14 Å². The molecule has 0 fully saturated rings. The fourth-order valence-corrected chi connectivity index (χ4v) is 2.17. The van der Waals surface area contributed by atoms with Gasteiger partial charge < -0.3 is 0 Å². The molecule has 16 heavy (non-hydrogen) atoms. The second-order valence-electron chi connectivity index (χ2n) is 3.12. The van der Waals surface area contributed by atoms with Crippen molar-refractivity contribution in [3.63, 3.8) is 0 Å². The highest BCUT2D eigenvalue weighted by Crippen LogP contribution is 2.15. The maximum absolute atomic E-state index is 11.2. The molecule has 0 aromatic heterocycles. The number of hydrogen-bond donors (Lipinski definition) is 1. The first-order chi connectivity index (χ1) is 7.20. The summed E-state index contributed by atoms with van der Waals surface area (Å²) in [7, 11) is -7.50. The van der Waals surface area contributed by atoms with Gasteiger partial charge in [-0.3, -0.25) is 4.18 Å². The minimum Gasteiger partial charge on any atom is -0.265 e. The highest BCUT2D eigenvalue weighted by Gasteiger charge is 2.14. The standard InChI is InChI=1S/C8H11NO5S2/c1-15(10,11)14-6-7-4-2-3-5-8(7)16(9,12)13/h2-5H,6H2,1H3,(H2,9,12,13). The Labute approximate surface area is 94.2 Å². The van der Waals surface area contributed by atoms with Crippen molar-refractivity contribution in [3.05, 3.63) is 29.8 Å². The van der Waals surface area contributed by atoms with Crippen molar-refractivity contribution < 1.29 is 21.0 Å². The zero-order valence-electron chi connectivity index (χ0n) is 8.45. The smallest absolute Gasteiger partial charge is 0.264 e. The largest absolute Gasteiger partial charge is 0.265 e. The Bertz CT molecular complexity index is 576. The third-order valence-corrected chi connectivity index (χ3v) is 3.26. The van der Waals surface area contributed by atoms with E-state index in [4.69, 9.17) is 5.14 Å². The van der Waals surface area contributed by atoms with Crippen LogP contribution < -0.4 is 5.14 Å². The maximum Gasteiger partial charge on any atom is 0.264 e. The molecule has 90 valence electrons.